The lowest BCUT2D eigenvalue weighted by molar-refractivity contribution is 0.394. The number of hydrogen-bond acceptors (Lipinski definition) is 1. The van der Waals surface area contributed by atoms with Crippen molar-refractivity contribution < 1.29 is 0 Å². The lowest BCUT2D eigenvalue weighted by Gasteiger charge is -2.26. The normalized spacial score (nSPS) is 17.1. The molecule has 1 heteroatoms. The molecule has 0 aromatic carbocycles. The van der Waals surface area contributed by atoms with E-state index in [1.54, 1.807) is 0 Å². The number of hydrogen-bond donors (Lipinski definition) is 0. The molecule has 0 aromatic heterocycles. The third-order valence-electron chi connectivity index (χ3n) is 1.53. The first-order valence-corrected chi connectivity index (χ1v) is 3.54. The molecular formula is C9H13N. The zero-order chi connectivity index (χ0) is 7.56. The monoisotopic (exact) mass is 135 g/mol. The molecule has 0 atom stereocenters. The Morgan fingerprint density at radius 2 is 2.10 bits per heavy atom. The average Bonchev–Trinajstić information content (AvgIpc) is 1.88. The van der Waals surface area contributed by atoms with Crippen molar-refractivity contribution in [3.63, 3.8) is 0 Å². The Hall–Kier alpha value is -0.980. The van der Waals surface area contributed by atoms with Crippen LogP contribution in [0.25, 0.3) is 0 Å². The largest absolute Gasteiger partial charge is 0.346 e. The van der Waals surface area contributed by atoms with E-state index in [2.05, 4.69) is 25.3 Å². The van der Waals surface area contributed by atoms with Gasteiger partial charge in [0.1, 0.15) is 0 Å². The van der Waals surface area contributed by atoms with Crippen LogP contribution >= 0.6 is 0 Å². The summed E-state index contributed by atoms with van der Waals surface area (Å²) in [5.41, 5.74) is 1.07. The van der Waals surface area contributed by atoms with Crippen molar-refractivity contribution >= 4 is 0 Å². The highest BCUT2D eigenvalue weighted by atomic mass is 15.1. The molecule has 0 saturated carbocycles. The number of nitrogens with zero attached hydrogens (tertiary/aromatic N) is 1. The van der Waals surface area contributed by atoms with Crippen LogP contribution in [0.2, 0.25) is 0 Å². The topological polar surface area (TPSA) is 3.24 Å². The molecule has 0 fully saturated rings. The van der Waals surface area contributed by atoms with Gasteiger partial charge in [0.25, 0.3) is 0 Å². The zero-order valence-corrected chi connectivity index (χ0v) is 6.54. The minimum Gasteiger partial charge on any atom is -0.346 e. The van der Waals surface area contributed by atoms with E-state index >= 15 is 0 Å². The van der Waals surface area contributed by atoms with Crippen LogP contribution in [0.3, 0.4) is 0 Å². The zero-order valence-electron chi connectivity index (χ0n) is 6.54. The highest BCUT2D eigenvalue weighted by molar-refractivity contribution is 5.25. The first kappa shape index (κ1) is 7.13. The Balaban J connectivity index is 2.70. The molecule has 0 spiro atoms. The van der Waals surface area contributed by atoms with Gasteiger partial charge in [-0.15, -0.1) is 0 Å². The predicted molar refractivity (Wildman–Crippen MR) is 44.4 cm³/mol. The smallest absolute Gasteiger partial charge is 0.0335 e. The van der Waals surface area contributed by atoms with Gasteiger partial charge >= 0.3 is 0 Å². The van der Waals surface area contributed by atoms with Crippen molar-refractivity contribution in [2.24, 2.45) is 0 Å². The van der Waals surface area contributed by atoms with Crippen LogP contribution in [0.4, 0.5) is 0 Å². The maximum absolute atomic E-state index is 3.90. The summed E-state index contributed by atoms with van der Waals surface area (Å²) in [5.74, 6) is 0. The van der Waals surface area contributed by atoms with Crippen LogP contribution < -0.4 is 0 Å². The summed E-state index contributed by atoms with van der Waals surface area (Å²) < 4.78 is 0. The summed E-state index contributed by atoms with van der Waals surface area (Å²) >= 11 is 0. The summed E-state index contributed by atoms with van der Waals surface area (Å²) in [6.07, 6.45) is 8.09. The van der Waals surface area contributed by atoms with E-state index in [0.717, 1.165) is 5.70 Å². The van der Waals surface area contributed by atoms with Crippen molar-refractivity contribution in [2.75, 3.05) is 0 Å². The fraction of sp³-hybridized carbons (Fsp3) is 0.333. The second-order valence-corrected chi connectivity index (χ2v) is 2.69. The van der Waals surface area contributed by atoms with Gasteiger partial charge in [0.2, 0.25) is 0 Å². The summed E-state index contributed by atoms with van der Waals surface area (Å²) in [5, 5.41) is 0. The molecule has 0 bridgehead atoms. The van der Waals surface area contributed by atoms with E-state index in [0.29, 0.717) is 6.04 Å². The van der Waals surface area contributed by atoms with Gasteiger partial charge in [-0.2, -0.15) is 0 Å². The van der Waals surface area contributed by atoms with Gasteiger partial charge in [-0.25, -0.2) is 0 Å². The van der Waals surface area contributed by atoms with Crippen LogP contribution in [0.15, 0.2) is 36.7 Å². The molecule has 54 valence electrons. The SMILES string of the molecule is C=C1C=CC=CN1C(C)C. The number of allylic oxidation sites excluding steroid dienone is 3. The van der Waals surface area contributed by atoms with Crippen molar-refractivity contribution in [1.82, 2.24) is 4.90 Å². The van der Waals surface area contributed by atoms with Crippen molar-refractivity contribution in [3.8, 4) is 0 Å². The van der Waals surface area contributed by atoms with Crippen LogP contribution in [0.5, 0.6) is 0 Å². The van der Waals surface area contributed by atoms with E-state index in [4.69, 9.17) is 0 Å². The molecule has 10 heavy (non-hydrogen) atoms. The quantitative estimate of drug-likeness (QED) is 0.533. The fourth-order valence-corrected chi connectivity index (χ4v) is 0.995. The van der Waals surface area contributed by atoms with E-state index in [1.807, 2.05) is 24.4 Å². The summed E-state index contributed by atoms with van der Waals surface area (Å²) in [6.45, 7) is 8.20. The molecule has 0 aliphatic carbocycles. The minimum absolute atomic E-state index is 0.508. The molecule has 0 N–H and O–H groups in total. The molecule has 1 nitrogen and oxygen atoms in total. The highest BCUT2D eigenvalue weighted by Crippen LogP contribution is 2.12. The Labute approximate surface area is 62.3 Å². The van der Waals surface area contributed by atoms with Crippen LogP contribution in [-0.4, -0.2) is 10.9 Å². The van der Waals surface area contributed by atoms with E-state index in [9.17, 15) is 0 Å². The summed E-state index contributed by atoms with van der Waals surface area (Å²) in [6, 6.07) is 0.508. The number of rotatable bonds is 1. The predicted octanol–water partition coefficient (Wildman–Crippen LogP) is 2.29. The maximum atomic E-state index is 3.90. The lowest BCUT2D eigenvalue weighted by atomic mass is 10.2. The first-order chi connectivity index (χ1) is 4.72. The molecule has 1 rings (SSSR count). The lowest BCUT2D eigenvalue weighted by Crippen LogP contribution is -2.24. The fourth-order valence-electron chi connectivity index (χ4n) is 0.995. The van der Waals surface area contributed by atoms with Crippen LogP contribution in [0, 0.1) is 0 Å². The average molecular weight is 135 g/mol. The van der Waals surface area contributed by atoms with Gasteiger partial charge in [0.05, 0.1) is 0 Å². The van der Waals surface area contributed by atoms with E-state index in [-0.39, 0.29) is 0 Å². The standard InChI is InChI=1S/C9H13N/c1-8(2)10-7-5-4-6-9(10)3/h4-8H,3H2,1-2H3. The highest BCUT2D eigenvalue weighted by Gasteiger charge is 2.06. The van der Waals surface area contributed by atoms with Gasteiger partial charge in [-0.3, -0.25) is 0 Å². The molecule has 1 aliphatic rings. The van der Waals surface area contributed by atoms with E-state index in [1.165, 1.54) is 0 Å². The Morgan fingerprint density at radius 1 is 1.40 bits per heavy atom. The van der Waals surface area contributed by atoms with Crippen molar-refractivity contribution in [2.45, 2.75) is 19.9 Å². The van der Waals surface area contributed by atoms with Gasteiger partial charge in [0.15, 0.2) is 0 Å². The molecule has 0 saturated heterocycles. The second-order valence-electron chi connectivity index (χ2n) is 2.69. The van der Waals surface area contributed by atoms with Crippen molar-refractivity contribution in [1.29, 1.82) is 0 Å². The first-order valence-electron chi connectivity index (χ1n) is 3.54. The Bertz CT molecular complexity index is 187. The second kappa shape index (κ2) is 2.74. The minimum atomic E-state index is 0.508. The van der Waals surface area contributed by atoms with Gasteiger partial charge in [0, 0.05) is 17.9 Å². The van der Waals surface area contributed by atoms with Gasteiger partial charge < -0.3 is 4.90 Å². The van der Waals surface area contributed by atoms with Crippen molar-refractivity contribution in [3.05, 3.63) is 36.7 Å². The molecular weight excluding hydrogens is 122 g/mol. The Kier molecular flexibility index (Phi) is 1.95. The third kappa shape index (κ3) is 1.29. The summed E-state index contributed by atoms with van der Waals surface area (Å²) in [4.78, 5) is 2.14. The maximum Gasteiger partial charge on any atom is 0.0335 e. The Morgan fingerprint density at radius 3 is 2.50 bits per heavy atom. The molecule has 1 heterocycles. The molecule has 0 amide bonds. The van der Waals surface area contributed by atoms with Gasteiger partial charge in [-0.1, -0.05) is 12.7 Å². The third-order valence-corrected chi connectivity index (χ3v) is 1.53. The molecule has 0 aromatic rings. The van der Waals surface area contributed by atoms with Gasteiger partial charge in [-0.05, 0) is 26.0 Å². The molecule has 0 unspecified atom stereocenters. The van der Waals surface area contributed by atoms with Crippen LogP contribution in [-0.2, 0) is 0 Å². The molecule has 0 radical (unpaired) electrons. The van der Waals surface area contributed by atoms with Crippen LogP contribution in [0.1, 0.15) is 13.8 Å². The molecule has 1 aliphatic heterocycles. The van der Waals surface area contributed by atoms with E-state index < -0.39 is 0 Å². The summed E-state index contributed by atoms with van der Waals surface area (Å²) in [7, 11) is 0.